The summed E-state index contributed by atoms with van der Waals surface area (Å²) in [6, 6.07) is 0. The van der Waals surface area contributed by atoms with Crippen molar-refractivity contribution in [3.8, 4) is 0 Å². The van der Waals surface area contributed by atoms with Gasteiger partial charge in [-0.05, 0) is 31.6 Å². The number of aliphatic hydroxyl groups is 1. The van der Waals surface area contributed by atoms with Crippen molar-refractivity contribution in [2.75, 3.05) is 13.2 Å². The Hall–Kier alpha value is -1.37. The minimum atomic E-state index is -0.870. The molecule has 3 fully saturated rings. The lowest BCUT2D eigenvalue weighted by Gasteiger charge is -2.56. The molecule has 28 heavy (non-hydrogen) atoms. The zero-order valence-corrected chi connectivity index (χ0v) is 16.7. The van der Waals surface area contributed by atoms with Crippen molar-refractivity contribution in [2.45, 2.75) is 64.3 Å². The van der Waals surface area contributed by atoms with Crippen LogP contribution in [0.5, 0.6) is 0 Å². The van der Waals surface area contributed by atoms with Crippen LogP contribution in [0.1, 0.15) is 52.4 Å². The van der Waals surface area contributed by atoms with E-state index in [2.05, 4.69) is 13.0 Å². The molecule has 0 unspecified atom stereocenters. The van der Waals surface area contributed by atoms with Gasteiger partial charge in [0.15, 0.2) is 5.79 Å². The molecular formula is C22H30O6. The van der Waals surface area contributed by atoms with Crippen LogP contribution in [0.4, 0.5) is 0 Å². The molecule has 6 nitrogen and oxygen atoms in total. The van der Waals surface area contributed by atoms with Crippen molar-refractivity contribution in [1.82, 2.24) is 0 Å². The van der Waals surface area contributed by atoms with Gasteiger partial charge in [-0.25, -0.2) is 0 Å². The minimum absolute atomic E-state index is 0.000919. The smallest absolute Gasteiger partial charge is 0.172 e. The maximum Gasteiger partial charge on any atom is 0.172 e. The quantitative estimate of drug-likeness (QED) is 0.585. The van der Waals surface area contributed by atoms with Crippen LogP contribution in [0.15, 0.2) is 11.6 Å². The number of hydrogen-bond acceptors (Lipinski definition) is 6. The van der Waals surface area contributed by atoms with Gasteiger partial charge in [-0.15, -0.1) is 0 Å². The molecule has 0 radical (unpaired) electrons. The van der Waals surface area contributed by atoms with Crippen LogP contribution in [-0.4, -0.2) is 48.1 Å². The Morgan fingerprint density at radius 2 is 2.04 bits per heavy atom. The first kappa shape index (κ1) is 19.9. The maximum atomic E-state index is 13.3. The van der Waals surface area contributed by atoms with Gasteiger partial charge in [-0.1, -0.05) is 18.6 Å². The molecule has 6 atom stereocenters. The monoisotopic (exact) mass is 390 g/mol. The molecule has 1 spiro atoms. The molecule has 0 aromatic carbocycles. The number of ketones is 2. The molecule has 0 bridgehead atoms. The molecule has 1 N–H and O–H groups in total. The number of aliphatic hydroxyl groups excluding tert-OH is 1. The third-order valence-electron chi connectivity index (χ3n) is 7.74. The van der Waals surface area contributed by atoms with E-state index >= 15 is 0 Å². The second-order valence-corrected chi connectivity index (χ2v) is 9.25. The lowest BCUT2D eigenvalue weighted by Crippen LogP contribution is -2.59. The van der Waals surface area contributed by atoms with Gasteiger partial charge < -0.3 is 24.2 Å². The van der Waals surface area contributed by atoms with Crippen LogP contribution in [-0.2, 0) is 23.9 Å². The normalized spacial score (nSPS) is 41.9. The van der Waals surface area contributed by atoms with E-state index in [1.54, 1.807) is 0 Å². The summed E-state index contributed by atoms with van der Waals surface area (Å²) in [6.07, 6.45) is 5.33. The molecule has 0 aromatic heterocycles. The Morgan fingerprint density at radius 1 is 1.32 bits per heavy atom. The molecule has 3 aliphatic carbocycles. The van der Waals surface area contributed by atoms with Crippen LogP contribution in [0.3, 0.4) is 0 Å². The molecule has 6 heteroatoms. The molecule has 1 aliphatic heterocycles. The van der Waals surface area contributed by atoms with Crippen molar-refractivity contribution in [3.05, 3.63) is 11.6 Å². The van der Waals surface area contributed by atoms with Gasteiger partial charge in [0.1, 0.15) is 17.9 Å². The number of rotatable bonds is 4. The lowest BCUT2D eigenvalue weighted by atomic mass is 9.49. The van der Waals surface area contributed by atoms with E-state index in [-0.39, 0.29) is 35.2 Å². The van der Waals surface area contributed by atoms with E-state index in [1.165, 1.54) is 12.5 Å². The highest BCUT2D eigenvalue weighted by molar-refractivity contribution is 5.89. The standard InChI is InChI=1S/C22H30O6/c1-13(24)3-5-15-17(12-23)20(26)18-16(19(15)25)6-4-14-11-22(27-9-10-28-22)8-7-21(14,18)2/h4,12,15-18,20,26H,3,5-11H2,1-2H3/t15-,16+,17+,18-,20-,21-/m0/s1. The van der Waals surface area contributed by atoms with E-state index in [4.69, 9.17) is 9.47 Å². The van der Waals surface area contributed by atoms with Crippen LogP contribution in [0.2, 0.25) is 0 Å². The van der Waals surface area contributed by atoms with E-state index in [0.717, 1.165) is 19.1 Å². The van der Waals surface area contributed by atoms with E-state index < -0.39 is 23.7 Å². The van der Waals surface area contributed by atoms with Crippen molar-refractivity contribution < 1.29 is 29.0 Å². The fraction of sp³-hybridized carbons (Fsp3) is 0.773. The highest BCUT2D eigenvalue weighted by Crippen LogP contribution is 2.60. The first-order valence-corrected chi connectivity index (χ1v) is 10.5. The van der Waals surface area contributed by atoms with Gasteiger partial charge in [0.05, 0.1) is 25.2 Å². The van der Waals surface area contributed by atoms with Gasteiger partial charge in [0.2, 0.25) is 0 Å². The van der Waals surface area contributed by atoms with E-state index in [0.29, 0.717) is 32.5 Å². The van der Waals surface area contributed by atoms with Crippen molar-refractivity contribution in [1.29, 1.82) is 0 Å². The third kappa shape index (κ3) is 3.01. The van der Waals surface area contributed by atoms with E-state index in [9.17, 15) is 19.5 Å². The number of Topliss-reactive ketones (excluding diaryl/α,β-unsaturated/α-hetero) is 2. The van der Waals surface area contributed by atoms with Crippen molar-refractivity contribution in [3.63, 3.8) is 0 Å². The maximum absolute atomic E-state index is 13.3. The Kier molecular flexibility index (Phi) is 5.09. The molecule has 4 aliphatic rings. The van der Waals surface area contributed by atoms with E-state index in [1.807, 2.05) is 0 Å². The SMILES string of the molecule is CC(=O)CC[C@@H]1C(=O)[C@@H]2CC=C3CC4(CC[C@]3(C)[C@@H]2[C@@H](O)[C@@H]1C=O)OCCO4. The summed E-state index contributed by atoms with van der Waals surface area (Å²) in [5, 5.41) is 11.2. The summed E-state index contributed by atoms with van der Waals surface area (Å²) in [5.41, 5.74) is 0.839. The zero-order chi connectivity index (χ0) is 20.1. The van der Waals surface area contributed by atoms with Gasteiger partial charge in [0.25, 0.3) is 0 Å². The lowest BCUT2D eigenvalue weighted by molar-refractivity contribution is -0.191. The van der Waals surface area contributed by atoms with Crippen molar-refractivity contribution >= 4 is 17.9 Å². The second-order valence-electron chi connectivity index (χ2n) is 9.25. The summed E-state index contributed by atoms with van der Waals surface area (Å²) in [7, 11) is 0. The molecule has 0 amide bonds. The van der Waals surface area contributed by atoms with Crippen LogP contribution >= 0.6 is 0 Å². The minimum Gasteiger partial charge on any atom is -0.392 e. The van der Waals surface area contributed by atoms with Crippen LogP contribution in [0.25, 0.3) is 0 Å². The number of carbonyl (C=O) groups is 3. The largest absolute Gasteiger partial charge is 0.392 e. The molecule has 0 aromatic rings. The first-order chi connectivity index (χ1) is 13.3. The summed E-state index contributed by atoms with van der Waals surface area (Å²) >= 11 is 0. The summed E-state index contributed by atoms with van der Waals surface area (Å²) in [6.45, 7) is 4.81. The molecular weight excluding hydrogens is 360 g/mol. The van der Waals surface area contributed by atoms with Gasteiger partial charge >= 0.3 is 0 Å². The second kappa shape index (κ2) is 7.15. The molecule has 1 saturated heterocycles. The fourth-order valence-corrected chi connectivity index (χ4v) is 6.20. The Labute approximate surface area is 165 Å². The molecule has 4 rings (SSSR count). The Morgan fingerprint density at radius 3 is 2.68 bits per heavy atom. The molecule has 1 heterocycles. The van der Waals surface area contributed by atoms with Gasteiger partial charge in [-0.3, -0.25) is 4.79 Å². The predicted octanol–water partition coefficient (Wildman–Crippen LogP) is 2.23. The third-order valence-corrected chi connectivity index (χ3v) is 7.74. The number of aldehydes is 1. The summed E-state index contributed by atoms with van der Waals surface area (Å²) in [5.74, 6) is -2.39. The highest BCUT2D eigenvalue weighted by Gasteiger charge is 2.60. The molecule has 154 valence electrons. The average molecular weight is 390 g/mol. The predicted molar refractivity (Wildman–Crippen MR) is 100 cm³/mol. The Bertz CT molecular complexity index is 706. The summed E-state index contributed by atoms with van der Waals surface area (Å²) < 4.78 is 11.8. The topological polar surface area (TPSA) is 89.9 Å². The number of carbonyl (C=O) groups excluding carboxylic acids is 3. The van der Waals surface area contributed by atoms with Gasteiger partial charge in [-0.2, -0.15) is 0 Å². The fourth-order valence-electron chi connectivity index (χ4n) is 6.20. The molecule has 2 saturated carbocycles. The summed E-state index contributed by atoms with van der Waals surface area (Å²) in [4.78, 5) is 36.6. The first-order valence-electron chi connectivity index (χ1n) is 10.5. The zero-order valence-electron chi connectivity index (χ0n) is 16.7. The highest BCUT2D eigenvalue weighted by atomic mass is 16.7. The van der Waals surface area contributed by atoms with Gasteiger partial charge in [0, 0.05) is 37.0 Å². The Balaban J connectivity index is 1.64. The number of hydrogen-bond donors (Lipinski definition) is 1. The average Bonchev–Trinajstić information content (AvgIpc) is 3.11. The van der Waals surface area contributed by atoms with Crippen LogP contribution < -0.4 is 0 Å². The van der Waals surface area contributed by atoms with Crippen LogP contribution in [0, 0.1) is 29.1 Å². The van der Waals surface area contributed by atoms with Crippen molar-refractivity contribution in [2.24, 2.45) is 29.1 Å². The number of allylic oxidation sites excluding steroid dienone is 1. The number of ether oxygens (including phenoxy) is 2. The number of fused-ring (bicyclic) bond motifs is 3.